The molecule has 0 bridgehead atoms. The highest BCUT2D eigenvalue weighted by molar-refractivity contribution is 5.89. The summed E-state index contributed by atoms with van der Waals surface area (Å²) in [6.45, 7) is 2.58. The first-order valence-corrected chi connectivity index (χ1v) is 6.54. The van der Waals surface area contributed by atoms with Crippen LogP contribution < -0.4 is 10.1 Å². The molecule has 0 aliphatic carbocycles. The number of hydrogen-bond donors (Lipinski definition) is 1. The molecular formula is C16H18N2O2. The zero-order chi connectivity index (χ0) is 14.4. The molecule has 20 heavy (non-hydrogen) atoms. The van der Waals surface area contributed by atoms with Crippen molar-refractivity contribution in [2.24, 2.45) is 0 Å². The van der Waals surface area contributed by atoms with E-state index in [4.69, 9.17) is 4.74 Å². The number of para-hydroxylation sites is 1. The molecule has 0 spiro atoms. The summed E-state index contributed by atoms with van der Waals surface area (Å²) < 4.78 is 5.72. The molecule has 0 aliphatic heterocycles. The first-order valence-electron chi connectivity index (χ1n) is 6.54. The molecule has 1 N–H and O–H groups in total. The number of nitrogens with zero attached hydrogens (tertiary/aromatic N) is 1. The van der Waals surface area contributed by atoms with Gasteiger partial charge in [0.2, 0.25) is 0 Å². The first-order chi connectivity index (χ1) is 9.69. The second-order valence-corrected chi connectivity index (χ2v) is 4.39. The molecule has 2 amide bonds. The SMILES string of the molecule is CCN(C)C(=O)Nc1cccc(Oc2ccccc2)c1. The lowest BCUT2D eigenvalue weighted by atomic mass is 10.3. The number of carbonyl (C=O) groups excluding carboxylic acids is 1. The van der Waals surface area contributed by atoms with Crippen molar-refractivity contribution in [2.75, 3.05) is 18.9 Å². The second-order valence-electron chi connectivity index (χ2n) is 4.39. The van der Waals surface area contributed by atoms with Crippen molar-refractivity contribution < 1.29 is 9.53 Å². The lowest BCUT2D eigenvalue weighted by Gasteiger charge is -2.16. The van der Waals surface area contributed by atoms with Crippen molar-refractivity contribution in [3.8, 4) is 11.5 Å². The number of nitrogens with one attached hydrogen (secondary N) is 1. The van der Waals surface area contributed by atoms with Crippen molar-refractivity contribution in [1.29, 1.82) is 0 Å². The minimum Gasteiger partial charge on any atom is -0.457 e. The van der Waals surface area contributed by atoms with Gasteiger partial charge in [0.05, 0.1) is 0 Å². The van der Waals surface area contributed by atoms with Crippen LogP contribution in [0.15, 0.2) is 54.6 Å². The quantitative estimate of drug-likeness (QED) is 0.913. The second kappa shape index (κ2) is 6.61. The van der Waals surface area contributed by atoms with Gasteiger partial charge in [-0.15, -0.1) is 0 Å². The molecule has 0 fully saturated rings. The Kier molecular flexibility index (Phi) is 4.60. The molecule has 2 aromatic carbocycles. The minimum absolute atomic E-state index is 0.135. The predicted molar refractivity (Wildman–Crippen MR) is 80.3 cm³/mol. The fourth-order valence-electron chi connectivity index (χ4n) is 1.62. The Morgan fingerprint density at radius 2 is 1.80 bits per heavy atom. The fraction of sp³-hybridized carbons (Fsp3) is 0.188. The van der Waals surface area contributed by atoms with E-state index < -0.39 is 0 Å². The average Bonchev–Trinajstić information content (AvgIpc) is 2.47. The molecule has 0 atom stereocenters. The van der Waals surface area contributed by atoms with E-state index in [1.807, 2.05) is 55.5 Å². The molecular weight excluding hydrogens is 252 g/mol. The van der Waals surface area contributed by atoms with Gasteiger partial charge in [0.1, 0.15) is 11.5 Å². The van der Waals surface area contributed by atoms with Crippen LogP contribution in [-0.4, -0.2) is 24.5 Å². The normalized spacial score (nSPS) is 9.90. The smallest absolute Gasteiger partial charge is 0.321 e. The van der Waals surface area contributed by atoms with E-state index in [1.54, 1.807) is 18.0 Å². The highest BCUT2D eigenvalue weighted by Gasteiger charge is 2.07. The monoisotopic (exact) mass is 270 g/mol. The number of hydrogen-bond acceptors (Lipinski definition) is 2. The van der Waals surface area contributed by atoms with E-state index in [2.05, 4.69) is 5.32 Å². The molecule has 0 radical (unpaired) electrons. The van der Waals surface area contributed by atoms with Crippen molar-refractivity contribution in [1.82, 2.24) is 4.90 Å². The van der Waals surface area contributed by atoms with Gasteiger partial charge in [-0.3, -0.25) is 0 Å². The minimum atomic E-state index is -0.135. The van der Waals surface area contributed by atoms with Gasteiger partial charge in [0, 0.05) is 25.3 Å². The van der Waals surface area contributed by atoms with Crippen LogP contribution in [0.25, 0.3) is 0 Å². The van der Waals surface area contributed by atoms with Gasteiger partial charge in [-0.25, -0.2) is 4.79 Å². The highest BCUT2D eigenvalue weighted by atomic mass is 16.5. The summed E-state index contributed by atoms with van der Waals surface area (Å²) in [4.78, 5) is 13.4. The molecule has 4 heteroatoms. The summed E-state index contributed by atoms with van der Waals surface area (Å²) in [5, 5.41) is 2.83. The number of carbonyl (C=O) groups is 1. The molecule has 0 aromatic heterocycles. The predicted octanol–water partition coefficient (Wildman–Crippen LogP) is 3.96. The summed E-state index contributed by atoms with van der Waals surface area (Å²) >= 11 is 0. The molecule has 2 rings (SSSR count). The van der Waals surface area contributed by atoms with Crippen molar-refractivity contribution in [3.63, 3.8) is 0 Å². The van der Waals surface area contributed by atoms with E-state index in [9.17, 15) is 4.79 Å². The van der Waals surface area contributed by atoms with Crippen molar-refractivity contribution in [2.45, 2.75) is 6.92 Å². The molecule has 0 aliphatic rings. The van der Waals surface area contributed by atoms with E-state index >= 15 is 0 Å². The Morgan fingerprint density at radius 3 is 2.50 bits per heavy atom. The van der Waals surface area contributed by atoms with Gasteiger partial charge in [0.25, 0.3) is 0 Å². The average molecular weight is 270 g/mol. The van der Waals surface area contributed by atoms with Gasteiger partial charge < -0.3 is 15.0 Å². The van der Waals surface area contributed by atoms with Crippen LogP contribution in [0.2, 0.25) is 0 Å². The maximum atomic E-state index is 11.8. The topological polar surface area (TPSA) is 41.6 Å². The third-order valence-electron chi connectivity index (χ3n) is 2.89. The summed E-state index contributed by atoms with van der Waals surface area (Å²) in [5.74, 6) is 1.45. The van der Waals surface area contributed by atoms with Crippen LogP contribution in [0.5, 0.6) is 11.5 Å². The third kappa shape index (κ3) is 3.75. The van der Waals surface area contributed by atoms with Crippen LogP contribution in [0.3, 0.4) is 0 Å². The number of amides is 2. The number of rotatable bonds is 4. The van der Waals surface area contributed by atoms with Crippen molar-refractivity contribution >= 4 is 11.7 Å². The van der Waals surface area contributed by atoms with Crippen LogP contribution in [0.4, 0.5) is 10.5 Å². The van der Waals surface area contributed by atoms with Crippen LogP contribution in [0, 0.1) is 0 Å². The van der Waals surface area contributed by atoms with Gasteiger partial charge in [-0.05, 0) is 31.2 Å². The highest BCUT2D eigenvalue weighted by Crippen LogP contribution is 2.23. The van der Waals surface area contributed by atoms with Gasteiger partial charge in [-0.1, -0.05) is 24.3 Å². The molecule has 2 aromatic rings. The Morgan fingerprint density at radius 1 is 1.10 bits per heavy atom. The van der Waals surface area contributed by atoms with Crippen LogP contribution >= 0.6 is 0 Å². The Hall–Kier alpha value is -2.49. The summed E-state index contributed by atoms with van der Waals surface area (Å²) in [6, 6.07) is 16.7. The summed E-state index contributed by atoms with van der Waals surface area (Å²) in [7, 11) is 1.75. The van der Waals surface area contributed by atoms with Gasteiger partial charge >= 0.3 is 6.03 Å². The lowest BCUT2D eigenvalue weighted by Crippen LogP contribution is -2.30. The molecule has 0 unspecified atom stereocenters. The number of benzene rings is 2. The summed E-state index contributed by atoms with van der Waals surface area (Å²) in [6.07, 6.45) is 0. The Bertz CT molecular complexity index is 570. The van der Waals surface area contributed by atoms with Gasteiger partial charge in [-0.2, -0.15) is 0 Å². The zero-order valence-corrected chi connectivity index (χ0v) is 11.7. The maximum Gasteiger partial charge on any atom is 0.321 e. The molecule has 0 saturated heterocycles. The molecule has 0 saturated carbocycles. The summed E-state index contributed by atoms with van der Waals surface area (Å²) in [5.41, 5.74) is 0.712. The van der Waals surface area contributed by atoms with Crippen molar-refractivity contribution in [3.05, 3.63) is 54.6 Å². The van der Waals surface area contributed by atoms with Crippen LogP contribution in [-0.2, 0) is 0 Å². The molecule has 0 heterocycles. The molecule has 4 nitrogen and oxygen atoms in total. The Labute approximate surface area is 119 Å². The van der Waals surface area contributed by atoms with E-state index in [-0.39, 0.29) is 6.03 Å². The maximum absolute atomic E-state index is 11.8. The fourth-order valence-corrected chi connectivity index (χ4v) is 1.62. The van der Waals surface area contributed by atoms with E-state index in [0.717, 1.165) is 5.75 Å². The zero-order valence-electron chi connectivity index (χ0n) is 11.7. The molecule has 104 valence electrons. The number of urea groups is 1. The number of anilines is 1. The third-order valence-corrected chi connectivity index (χ3v) is 2.89. The first kappa shape index (κ1) is 13.9. The van der Waals surface area contributed by atoms with E-state index in [1.165, 1.54) is 0 Å². The van der Waals surface area contributed by atoms with Gasteiger partial charge in [0.15, 0.2) is 0 Å². The van der Waals surface area contributed by atoms with E-state index in [0.29, 0.717) is 18.0 Å². The standard InChI is InChI=1S/C16H18N2O2/c1-3-18(2)16(19)17-13-8-7-11-15(12-13)20-14-9-5-4-6-10-14/h4-12H,3H2,1-2H3,(H,17,19). The largest absolute Gasteiger partial charge is 0.457 e. The van der Waals surface area contributed by atoms with Crippen LogP contribution in [0.1, 0.15) is 6.92 Å². The number of ether oxygens (including phenoxy) is 1. The lowest BCUT2D eigenvalue weighted by molar-refractivity contribution is 0.224. The Balaban J connectivity index is 2.06.